The Labute approximate surface area is 238 Å². The molecule has 6 heterocycles. The van der Waals surface area contributed by atoms with Gasteiger partial charge in [0.25, 0.3) is 0 Å². The molecule has 5 aromatic heterocycles. The topological polar surface area (TPSA) is 103 Å². The molecule has 0 spiro atoms. The summed E-state index contributed by atoms with van der Waals surface area (Å²) in [6.07, 6.45) is 10.7. The summed E-state index contributed by atoms with van der Waals surface area (Å²) < 4.78 is 12.7. The molecule has 0 bridgehead atoms. The van der Waals surface area contributed by atoms with Crippen LogP contribution >= 0.6 is 0 Å². The predicted molar refractivity (Wildman–Crippen MR) is 147 cm³/mol. The average Bonchev–Trinajstić information content (AvgIpc) is 3.69. The summed E-state index contributed by atoms with van der Waals surface area (Å²) in [5, 5.41) is 16.9. The van der Waals surface area contributed by atoms with Gasteiger partial charge in [-0.25, -0.2) is 9.50 Å². The molecule has 1 saturated heterocycles. The second kappa shape index (κ2) is 9.87. The number of aryl methyl sites for hydroxylation is 1. The number of hydrogen-bond acceptors (Lipinski definition) is 8. The van der Waals surface area contributed by atoms with Gasteiger partial charge in [0, 0.05) is 12.3 Å². The van der Waals surface area contributed by atoms with Gasteiger partial charge in [-0.3, -0.25) is 0 Å². The third kappa shape index (κ3) is 4.39. The molecule has 1 aliphatic rings. The van der Waals surface area contributed by atoms with E-state index in [1.807, 2.05) is 77.2 Å². The van der Waals surface area contributed by atoms with Crippen LogP contribution in [0.2, 0.25) is 0 Å². The van der Waals surface area contributed by atoms with Crippen molar-refractivity contribution in [1.29, 1.82) is 0 Å². The third-order valence-electron chi connectivity index (χ3n) is 7.01. The van der Waals surface area contributed by atoms with Crippen molar-refractivity contribution in [2.75, 3.05) is 18.4 Å². The van der Waals surface area contributed by atoms with Crippen LogP contribution in [0.4, 0.5) is 11.5 Å². The standard InChI is InChI=1S/C28H24N10O.V/c1-3-9-35-15-20(16-35)23-7-11-36(34-23)24-8-12-38-27(24)28(30-18-32-38)33-21-4-5-25(19(2)13-21)39-22-6-10-37-26(14-22)29-17-31-37;/h3-8,10-14,17-18,20H,1,15-16H2,2H3,(H,30,32,33);. The predicted octanol–water partition coefficient (Wildman–Crippen LogP) is 4.06. The summed E-state index contributed by atoms with van der Waals surface area (Å²) in [4.78, 5) is 11.1. The van der Waals surface area contributed by atoms with Crippen LogP contribution in [0.25, 0.3) is 16.9 Å². The number of anilines is 2. The van der Waals surface area contributed by atoms with E-state index in [1.165, 1.54) is 6.33 Å². The molecule has 1 aliphatic heterocycles. The van der Waals surface area contributed by atoms with Gasteiger partial charge in [-0.05, 0) is 36.8 Å². The first-order valence-electron chi connectivity index (χ1n) is 12.7. The van der Waals surface area contributed by atoms with Crippen LogP contribution in [0, 0.1) is 6.92 Å². The third-order valence-corrected chi connectivity index (χ3v) is 7.74. The molecule has 0 amide bonds. The Morgan fingerprint density at radius 1 is 1.02 bits per heavy atom. The number of nitrogens with one attached hydrogen (secondary N) is 1. The molecule has 0 atom stereocenters. The minimum atomic E-state index is 0.394. The van der Waals surface area contributed by atoms with Gasteiger partial charge in [0.05, 0.1) is 0 Å². The number of pyridine rings is 1. The van der Waals surface area contributed by atoms with Crippen LogP contribution in [0.1, 0.15) is 17.2 Å². The van der Waals surface area contributed by atoms with Gasteiger partial charge in [-0.2, -0.15) is 5.10 Å². The van der Waals surface area contributed by atoms with Crippen molar-refractivity contribution in [3.05, 3.63) is 97.6 Å². The number of benzene rings is 1. The second-order valence-corrected chi connectivity index (χ2v) is 10.3. The van der Waals surface area contributed by atoms with Crippen molar-refractivity contribution >= 4 is 27.0 Å². The fraction of sp³-hybridized carbons (Fsp3) is 0.143. The number of fused-ring (bicyclic) bond motifs is 2. The molecular weight excluding hydrogens is 543 g/mol. The first kappa shape index (κ1) is 24.5. The maximum absolute atomic E-state index is 6.13. The molecule has 0 radical (unpaired) electrons. The van der Waals surface area contributed by atoms with Gasteiger partial charge in [0.15, 0.2) is 5.65 Å². The van der Waals surface area contributed by atoms with Crippen LogP contribution in [-0.4, -0.2) is 61.3 Å². The van der Waals surface area contributed by atoms with Gasteiger partial charge in [-0.15, -0.1) is 0 Å². The first-order chi connectivity index (χ1) is 19.6. The Morgan fingerprint density at radius 2 is 1.85 bits per heavy atom. The number of likely N-dealkylation sites (tertiary alicyclic amines) is 1. The van der Waals surface area contributed by atoms with Gasteiger partial charge in [0.2, 0.25) is 0 Å². The summed E-state index contributed by atoms with van der Waals surface area (Å²) in [5.74, 6) is 2.52. The van der Waals surface area contributed by atoms with Crippen LogP contribution < -0.4 is 10.1 Å². The quantitative estimate of drug-likeness (QED) is 0.294. The summed E-state index contributed by atoms with van der Waals surface area (Å²) in [5.41, 5.74) is 5.38. The molecular formula is C28H24N10OV. The Kier molecular flexibility index (Phi) is 6.04. The van der Waals surface area contributed by atoms with Crippen molar-refractivity contribution in [2.45, 2.75) is 12.8 Å². The average molecular weight is 568 g/mol. The van der Waals surface area contributed by atoms with E-state index >= 15 is 0 Å². The monoisotopic (exact) mass is 567 g/mol. The first-order valence-corrected chi connectivity index (χ1v) is 13.4. The van der Waals surface area contributed by atoms with Gasteiger partial charge in [-0.1, -0.05) is 0 Å². The zero-order chi connectivity index (χ0) is 27.2. The summed E-state index contributed by atoms with van der Waals surface area (Å²) in [7, 11) is 0. The molecule has 1 fully saturated rings. The van der Waals surface area contributed by atoms with Crippen molar-refractivity contribution < 1.29 is 21.7 Å². The SMILES string of the molecule is C=C[C](=[V])N1CC(c2ccn(-c3ccn4ncnc(Nc5ccc(Oc6ccn7ncnc7c6)c(C)c5)c34)n2)C1. The van der Waals surface area contributed by atoms with Crippen LogP contribution in [-0.2, 0) is 17.0 Å². The summed E-state index contributed by atoms with van der Waals surface area (Å²) in [6.45, 7) is 7.74. The van der Waals surface area contributed by atoms with E-state index in [0.29, 0.717) is 17.5 Å². The number of nitrogens with zero attached hydrogens (tertiary/aromatic N) is 9. The Balaban J connectivity index is 1.12. The van der Waals surface area contributed by atoms with E-state index < -0.39 is 0 Å². The fourth-order valence-corrected chi connectivity index (χ4v) is 5.11. The Bertz CT molecular complexity index is 1900. The summed E-state index contributed by atoms with van der Waals surface area (Å²) in [6, 6.07) is 13.7. The number of aromatic nitrogens is 8. The van der Waals surface area contributed by atoms with Crippen molar-refractivity contribution in [3.63, 3.8) is 0 Å². The van der Waals surface area contributed by atoms with Gasteiger partial charge < -0.3 is 4.74 Å². The molecule has 6 aromatic rings. The molecule has 1 N–H and O–H groups in total. The van der Waals surface area contributed by atoms with Crippen molar-refractivity contribution in [1.82, 2.24) is 43.9 Å². The van der Waals surface area contributed by atoms with Gasteiger partial charge in [0.1, 0.15) is 17.8 Å². The fourth-order valence-electron chi connectivity index (χ4n) is 4.85. The molecule has 12 heteroatoms. The van der Waals surface area contributed by atoms with Gasteiger partial charge >= 0.3 is 147 Å². The van der Waals surface area contributed by atoms with E-state index in [-0.39, 0.29) is 0 Å². The number of rotatable bonds is 8. The molecule has 197 valence electrons. The van der Waals surface area contributed by atoms with E-state index in [1.54, 1.807) is 10.8 Å². The van der Waals surface area contributed by atoms with E-state index in [2.05, 4.69) is 60.0 Å². The van der Waals surface area contributed by atoms with E-state index in [9.17, 15) is 0 Å². The number of ether oxygens (including phenoxy) is 1. The number of hydrogen-bond donors (Lipinski definition) is 1. The van der Waals surface area contributed by atoms with E-state index in [0.717, 1.165) is 57.0 Å². The summed E-state index contributed by atoms with van der Waals surface area (Å²) >= 11 is 2.57. The minimum absolute atomic E-state index is 0.394. The second-order valence-electron chi connectivity index (χ2n) is 9.58. The van der Waals surface area contributed by atoms with Crippen LogP contribution in [0.3, 0.4) is 0 Å². The Hall–Kier alpha value is -4.58. The Morgan fingerprint density at radius 3 is 2.70 bits per heavy atom. The molecule has 11 nitrogen and oxygen atoms in total. The zero-order valence-electron chi connectivity index (χ0n) is 21.6. The van der Waals surface area contributed by atoms with Crippen molar-refractivity contribution in [2.24, 2.45) is 0 Å². The molecule has 40 heavy (non-hydrogen) atoms. The molecule has 0 unspecified atom stereocenters. The zero-order valence-corrected chi connectivity index (χ0v) is 23.0. The normalized spacial score (nSPS) is 13.9. The van der Waals surface area contributed by atoms with Crippen LogP contribution in [0.5, 0.6) is 11.5 Å². The molecule has 7 rings (SSSR count). The maximum atomic E-state index is 6.13. The van der Waals surface area contributed by atoms with Crippen molar-refractivity contribution in [3.8, 4) is 17.2 Å². The molecule has 0 aliphatic carbocycles. The van der Waals surface area contributed by atoms with Crippen LogP contribution in [0.15, 0.2) is 86.4 Å². The molecule has 0 saturated carbocycles. The van der Waals surface area contributed by atoms with E-state index in [4.69, 9.17) is 9.84 Å². The molecule has 1 aromatic carbocycles.